The van der Waals surface area contributed by atoms with Gasteiger partial charge >= 0.3 is 12.1 Å². The SMILES string of the molecule is CCC(c1ccc2cc(C(=O)OC)ccc2c1)n1cc(OC)c(-c2cc(Cl)ccc2-n2cc(C(F)(F)F)nn2)cc1=O. The van der Waals surface area contributed by atoms with Gasteiger partial charge in [-0.3, -0.25) is 4.79 Å². The van der Waals surface area contributed by atoms with Crippen molar-refractivity contribution >= 4 is 28.3 Å². The van der Waals surface area contributed by atoms with E-state index in [1.54, 1.807) is 22.9 Å². The lowest BCUT2D eigenvalue weighted by Gasteiger charge is -2.22. The Morgan fingerprint density at radius 1 is 0.976 bits per heavy atom. The highest BCUT2D eigenvalue weighted by Crippen LogP contribution is 2.37. The van der Waals surface area contributed by atoms with E-state index in [1.807, 2.05) is 31.2 Å². The van der Waals surface area contributed by atoms with Crippen LogP contribution in [0.3, 0.4) is 0 Å². The predicted molar refractivity (Wildman–Crippen MR) is 151 cm³/mol. The molecule has 0 amide bonds. The number of carbonyl (C=O) groups is 1. The molecule has 42 heavy (non-hydrogen) atoms. The van der Waals surface area contributed by atoms with Crippen LogP contribution < -0.4 is 10.3 Å². The first-order valence-corrected chi connectivity index (χ1v) is 13.1. The Hall–Kier alpha value is -4.64. The molecular weight excluding hydrogens is 573 g/mol. The van der Waals surface area contributed by atoms with E-state index in [1.165, 1.54) is 38.5 Å². The molecule has 3 aromatic carbocycles. The summed E-state index contributed by atoms with van der Waals surface area (Å²) in [5.74, 6) is -0.130. The molecule has 1 atom stereocenters. The van der Waals surface area contributed by atoms with Gasteiger partial charge in [0.2, 0.25) is 0 Å². The third-order valence-corrected chi connectivity index (χ3v) is 7.17. The normalized spacial score (nSPS) is 12.4. The molecule has 12 heteroatoms. The van der Waals surface area contributed by atoms with Gasteiger partial charge in [0.25, 0.3) is 5.56 Å². The number of hydrogen-bond acceptors (Lipinski definition) is 6. The smallest absolute Gasteiger partial charge is 0.436 e. The van der Waals surface area contributed by atoms with Crippen LogP contribution >= 0.6 is 11.6 Å². The van der Waals surface area contributed by atoms with Crippen molar-refractivity contribution in [1.29, 1.82) is 0 Å². The summed E-state index contributed by atoms with van der Waals surface area (Å²) in [7, 11) is 2.76. The molecule has 0 saturated carbocycles. The summed E-state index contributed by atoms with van der Waals surface area (Å²) in [5, 5.41) is 8.90. The Balaban J connectivity index is 1.59. The fraction of sp³-hybridized carbons (Fsp3) is 0.200. The number of esters is 1. The number of ether oxygens (including phenoxy) is 2. The summed E-state index contributed by atoms with van der Waals surface area (Å²) in [6, 6.07) is 16.5. The maximum atomic E-state index is 13.6. The van der Waals surface area contributed by atoms with Crippen molar-refractivity contribution < 1.29 is 27.4 Å². The zero-order valence-corrected chi connectivity index (χ0v) is 23.4. The Morgan fingerprint density at radius 2 is 1.71 bits per heavy atom. The molecule has 1 unspecified atom stereocenters. The number of alkyl halides is 3. The van der Waals surface area contributed by atoms with Crippen molar-refractivity contribution in [3.05, 3.63) is 105 Å². The number of pyridine rings is 1. The molecule has 0 saturated heterocycles. The largest absolute Gasteiger partial charge is 0.495 e. The van der Waals surface area contributed by atoms with Gasteiger partial charge in [-0.2, -0.15) is 13.2 Å². The first-order valence-electron chi connectivity index (χ1n) is 12.8. The topological polar surface area (TPSA) is 88.2 Å². The number of halogens is 4. The molecule has 0 fully saturated rings. The molecule has 5 aromatic rings. The van der Waals surface area contributed by atoms with Crippen LogP contribution in [0.5, 0.6) is 5.75 Å². The molecule has 0 radical (unpaired) electrons. The van der Waals surface area contributed by atoms with Crippen molar-refractivity contribution in [2.45, 2.75) is 25.6 Å². The van der Waals surface area contributed by atoms with Crippen molar-refractivity contribution in [3.63, 3.8) is 0 Å². The summed E-state index contributed by atoms with van der Waals surface area (Å²) in [5.41, 5.74) is 0.658. The molecule has 5 rings (SSSR count). The average molecular weight is 597 g/mol. The van der Waals surface area contributed by atoms with Gasteiger partial charge in [0.05, 0.1) is 43.9 Å². The summed E-state index contributed by atoms with van der Waals surface area (Å²) in [6.07, 6.45) is -1.77. The van der Waals surface area contributed by atoms with Crippen molar-refractivity contribution in [2.75, 3.05) is 14.2 Å². The second kappa shape index (κ2) is 11.3. The number of aromatic nitrogens is 4. The minimum Gasteiger partial charge on any atom is -0.495 e. The lowest BCUT2D eigenvalue weighted by molar-refractivity contribution is -0.141. The summed E-state index contributed by atoms with van der Waals surface area (Å²) < 4.78 is 52.6. The molecule has 2 aromatic heterocycles. The molecule has 0 aliphatic rings. The summed E-state index contributed by atoms with van der Waals surface area (Å²) in [4.78, 5) is 25.5. The summed E-state index contributed by atoms with van der Waals surface area (Å²) in [6.45, 7) is 1.94. The minimum absolute atomic E-state index is 0.228. The number of rotatable bonds is 7. The molecule has 8 nitrogen and oxygen atoms in total. The van der Waals surface area contributed by atoms with E-state index in [0.29, 0.717) is 33.9 Å². The van der Waals surface area contributed by atoms with E-state index >= 15 is 0 Å². The Morgan fingerprint density at radius 3 is 2.38 bits per heavy atom. The number of fused-ring (bicyclic) bond motifs is 1. The van der Waals surface area contributed by atoms with Crippen LogP contribution in [-0.4, -0.2) is 39.7 Å². The molecule has 2 heterocycles. The fourth-order valence-electron chi connectivity index (χ4n) is 4.89. The molecule has 0 bridgehead atoms. The van der Waals surface area contributed by atoms with Gasteiger partial charge < -0.3 is 14.0 Å². The molecule has 0 aliphatic carbocycles. The standard InChI is InChI=1S/C30H24ClF3N4O4/c1-4-24(19-7-5-18-12-20(29(40)42-3)8-6-17(18)11-19)37-15-26(41-2)23(14-28(37)39)22-13-21(31)9-10-25(22)38-16-27(35-36-38)30(32,33)34/h5-16,24H,4H2,1-3H3. The van der Waals surface area contributed by atoms with Crippen LogP contribution in [0.2, 0.25) is 5.02 Å². The van der Waals surface area contributed by atoms with E-state index in [2.05, 4.69) is 10.3 Å². The molecule has 0 N–H and O–H groups in total. The van der Waals surface area contributed by atoms with Crippen LogP contribution in [0.15, 0.2) is 77.9 Å². The first-order chi connectivity index (χ1) is 20.0. The molecular formula is C30H24ClF3N4O4. The predicted octanol–water partition coefficient (Wildman–Crippen LogP) is 6.72. The van der Waals surface area contributed by atoms with Crippen LogP contribution in [-0.2, 0) is 10.9 Å². The van der Waals surface area contributed by atoms with Crippen LogP contribution in [0.4, 0.5) is 13.2 Å². The maximum Gasteiger partial charge on any atom is 0.436 e. The first kappa shape index (κ1) is 28.9. The van der Waals surface area contributed by atoms with Crippen LogP contribution in [0, 0.1) is 0 Å². The quantitative estimate of drug-likeness (QED) is 0.194. The number of methoxy groups -OCH3 is 2. The number of benzene rings is 3. The van der Waals surface area contributed by atoms with Gasteiger partial charge in [0, 0.05) is 22.2 Å². The van der Waals surface area contributed by atoms with E-state index in [4.69, 9.17) is 21.1 Å². The Labute approximate surface area is 242 Å². The highest BCUT2D eigenvalue weighted by atomic mass is 35.5. The molecule has 0 aliphatic heterocycles. The molecule has 0 spiro atoms. The van der Waals surface area contributed by atoms with Gasteiger partial charge in [-0.15, -0.1) is 5.10 Å². The van der Waals surface area contributed by atoms with Gasteiger partial charge in [-0.1, -0.05) is 41.9 Å². The van der Waals surface area contributed by atoms with Crippen molar-refractivity contribution in [1.82, 2.24) is 19.6 Å². The lowest BCUT2D eigenvalue weighted by Crippen LogP contribution is -2.25. The second-order valence-electron chi connectivity index (χ2n) is 9.45. The highest BCUT2D eigenvalue weighted by Gasteiger charge is 2.35. The number of carbonyl (C=O) groups excluding carboxylic acids is 1. The average Bonchev–Trinajstić information content (AvgIpc) is 3.48. The van der Waals surface area contributed by atoms with Crippen LogP contribution in [0.1, 0.15) is 41.0 Å². The second-order valence-corrected chi connectivity index (χ2v) is 9.88. The minimum atomic E-state index is -4.68. The van der Waals surface area contributed by atoms with Gasteiger partial charge in [0.1, 0.15) is 5.75 Å². The highest BCUT2D eigenvalue weighted by molar-refractivity contribution is 6.31. The van der Waals surface area contributed by atoms with Crippen LogP contribution in [0.25, 0.3) is 27.6 Å². The lowest BCUT2D eigenvalue weighted by atomic mass is 9.98. The van der Waals surface area contributed by atoms with Gasteiger partial charge in [0.15, 0.2) is 5.69 Å². The van der Waals surface area contributed by atoms with Gasteiger partial charge in [-0.25, -0.2) is 9.48 Å². The zero-order valence-electron chi connectivity index (χ0n) is 22.6. The van der Waals surface area contributed by atoms with Crippen molar-refractivity contribution in [3.8, 4) is 22.6 Å². The molecule has 216 valence electrons. The third-order valence-electron chi connectivity index (χ3n) is 6.94. The van der Waals surface area contributed by atoms with E-state index < -0.39 is 17.8 Å². The Kier molecular flexibility index (Phi) is 7.79. The Bertz CT molecular complexity index is 1870. The van der Waals surface area contributed by atoms with E-state index in [-0.39, 0.29) is 17.3 Å². The fourth-order valence-corrected chi connectivity index (χ4v) is 5.06. The summed E-state index contributed by atoms with van der Waals surface area (Å²) >= 11 is 6.26. The third kappa shape index (κ3) is 5.47. The zero-order chi connectivity index (χ0) is 30.2. The number of hydrogen-bond donors (Lipinski definition) is 0. The number of nitrogens with zero attached hydrogens (tertiary/aromatic N) is 4. The maximum absolute atomic E-state index is 13.6. The van der Waals surface area contributed by atoms with Crippen molar-refractivity contribution in [2.24, 2.45) is 0 Å². The van der Waals surface area contributed by atoms with E-state index in [9.17, 15) is 22.8 Å². The monoisotopic (exact) mass is 596 g/mol. The van der Waals surface area contributed by atoms with E-state index in [0.717, 1.165) is 27.2 Å². The van der Waals surface area contributed by atoms with Gasteiger partial charge in [-0.05, 0) is 59.2 Å².